The van der Waals surface area contributed by atoms with E-state index in [1.54, 1.807) is 0 Å². The predicted molar refractivity (Wildman–Crippen MR) is 183 cm³/mol. The van der Waals surface area contributed by atoms with Crippen molar-refractivity contribution in [2.75, 3.05) is 0 Å². The van der Waals surface area contributed by atoms with Crippen LogP contribution in [0.15, 0.2) is 167 Å². The van der Waals surface area contributed by atoms with Crippen LogP contribution >= 0.6 is 0 Å². The van der Waals surface area contributed by atoms with Gasteiger partial charge in [-0.1, -0.05) is 121 Å². The molecule has 0 radical (unpaired) electrons. The maximum Gasteiger partial charge on any atom is 0.139 e. The Kier molecular flexibility index (Phi) is 5.54. The Morgan fingerprint density at radius 3 is 0.955 bits per heavy atom. The molecule has 0 unspecified atom stereocenters. The molecule has 0 aliphatic rings. The molecule has 206 valence electrons. The number of fused-ring (bicyclic) bond motifs is 6. The monoisotopic (exact) mass is 562 g/mol. The fourth-order valence-corrected chi connectivity index (χ4v) is 6.38. The lowest BCUT2D eigenvalue weighted by Crippen LogP contribution is -1.81. The van der Waals surface area contributed by atoms with Crippen LogP contribution in [0.3, 0.4) is 0 Å². The molecular formula is C42H26O2. The van der Waals surface area contributed by atoms with Crippen LogP contribution < -0.4 is 0 Å². The van der Waals surface area contributed by atoms with Crippen LogP contribution in [0.4, 0.5) is 0 Å². The van der Waals surface area contributed by atoms with Gasteiger partial charge in [-0.3, -0.25) is 0 Å². The van der Waals surface area contributed by atoms with E-state index in [4.69, 9.17) is 8.83 Å². The normalized spacial score (nSPS) is 11.6. The van der Waals surface area contributed by atoms with Crippen molar-refractivity contribution >= 4 is 43.9 Å². The van der Waals surface area contributed by atoms with Crippen molar-refractivity contribution in [2.45, 2.75) is 0 Å². The van der Waals surface area contributed by atoms with Crippen molar-refractivity contribution in [3.63, 3.8) is 0 Å². The van der Waals surface area contributed by atoms with Crippen LogP contribution in [0.1, 0.15) is 0 Å². The fourth-order valence-electron chi connectivity index (χ4n) is 6.38. The summed E-state index contributed by atoms with van der Waals surface area (Å²) in [6.07, 6.45) is 0. The zero-order chi connectivity index (χ0) is 29.0. The Labute approximate surface area is 254 Å². The highest BCUT2D eigenvalue weighted by Gasteiger charge is 2.15. The maximum absolute atomic E-state index is 6.31. The second-order valence-corrected chi connectivity index (χ2v) is 11.4. The highest BCUT2D eigenvalue weighted by Crippen LogP contribution is 2.39. The zero-order valence-corrected chi connectivity index (χ0v) is 23.8. The second-order valence-electron chi connectivity index (χ2n) is 11.4. The van der Waals surface area contributed by atoms with Gasteiger partial charge in [0.15, 0.2) is 0 Å². The van der Waals surface area contributed by atoms with Crippen molar-refractivity contribution in [3.8, 4) is 44.5 Å². The lowest BCUT2D eigenvalue weighted by molar-refractivity contribution is 0.656. The second kappa shape index (κ2) is 9.86. The molecule has 0 atom stereocenters. The highest BCUT2D eigenvalue weighted by molar-refractivity contribution is 6.16. The summed E-state index contributed by atoms with van der Waals surface area (Å²) in [4.78, 5) is 0. The van der Waals surface area contributed by atoms with Crippen molar-refractivity contribution in [3.05, 3.63) is 158 Å². The third-order valence-electron chi connectivity index (χ3n) is 8.71. The van der Waals surface area contributed by atoms with Crippen molar-refractivity contribution in [1.29, 1.82) is 0 Å². The van der Waals surface area contributed by atoms with Gasteiger partial charge in [0, 0.05) is 27.6 Å². The number of furan rings is 2. The first-order chi connectivity index (χ1) is 21.8. The number of hydrogen-bond acceptors (Lipinski definition) is 2. The smallest absolute Gasteiger partial charge is 0.139 e. The molecule has 0 aliphatic heterocycles. The molecule has 7 aromatic carbocycles. The average Bonchev–Trinajstić information content (AvgIpc) is 3.64. The van der Waals surface area contributed by atoms with E-state index in [-0.39, 0.29) is 0 Å². The summed E-state index contributed by atoms with van der Waals surface area (Å²) < 4.78 is 12.6. The van der Waals surface area contributed by atoms with Crippen molar-refractivity contribution in [1.82, 2.24) is 0 Å². The molecule has 0 saturated carbocycles. The highest BCUT2D eigenvalue weighted by atomic mass is 16.3. The molecule has 44 heavy (non-hydrogen) atoms. The summed E-state index contributed by atoms with van der Waals surface area (Å²) in [6, 6.07) is 55.7. The van der Waals surface area contributed by atoms with Gasteiger partial charge in [0.1, 0.15) is 22.3 Å². The zero-order valence-electron chi connectivity index (χ0n) is 23.8. The molecular weight excluding hydrogens is 536 g/mol. The first-order valence-corrected chi connectivity index (χ1v) is 14.9. The summed E-state index contributed by atoms with van der Waals surface area (Å²) in [5, 5.41) is 4.40. The molecule has 0 saturated heterocycles. The SMILES string of the molecule is c1ccc(-c2ccc(-c3ccc4oc5cc6oc7ccc(-c8ccc(-c9ccccc9)cc8)cc7c6cc5c4c3)cc2)cc1. The summed E-state index contributed by atoms with van der Waals surface area (Å²) in [6.45, 7) is 0. The maximum atomic E-state index is 6.31. The van der Waals surface area contributed by atoms with Gasteiger partial charge in [-0.2, -0.15) is 0 Å². The third kappa shape index (κ3) is 4.11. The molecule has 2 heterocycles. The van der Waals surface area contributed by atoms with Gasteiger partial charge in [0.25, 0.3) is 0 Å². The lowest BCUT2D eigenvalue weighted by atomic mass is 9.98. The third-order valence-corrected chi connectivity index (χ3v) is 8.71. The summed E-state index contributed by atoms with van der Waals surface area (Å²) in [5.41, 5.74) is 13.0. The Balaban J connectivity index is 1.12. The van der Waals surface area contributed by atoms with E-state index in [0.29, 0.717) is 0 Å². The molecule has 0 spiro atoms. The van der Waals surface area contributed by atoms with Crippen LogP contribution in [0, 0.1) is 0 Å². The lowest BCUT2D eigenvalue weighted by Gasteiger charge is -2.05. The van der Waals surface area contributed by atoms with E-state index >= 15 is 0 Å². The Hall–Kier alpha value is -5.86. The minimum Gasteiger partial charge on any atom is -0.456 e. The summed E-state index contributed by atoms with van der Waals surface area (Å²) >= 11 is 0. The van der Waals surface area contributed by atoms with E-state index in [0.717, 1.165) is 55.0 Å². The van der Waals surface area contributed by atoms with Gasteiger partial charge in [0.05, 0.1) is 0 Å². The van der Waals surface area contributed by atoms with Crippen molar-refractivity contribution < 1.29 is 8.83 Å². The van der Waals surface area contributed by atoms with Gasteiger partial charge in [0.2, 0.25) is 0 Å². The minimum atomic E-state index is 0.833. The predicted octanol–water partition coefficient (Wildman–Crippen LogP) is 12.2. The van der Waals surface area contributed by atoms with Gasteiger partial charge < -0.3 is 8.83 Å². The average molecular weight is 563 g/mol. The quantitative estimate of drug-likeness (QED) is 0.213. The van der Waals surface area contributed by atoms with Crippen LogP contribution in [-0.4, -0.2) is 0 Å². The topological polar surface area (TPSA) is 26.3 Å². The van der Waals surface area contributed by atoms with Gasteiger partial charge in [-0.15, -0.1) is 0 Å². The van der Waals surface area contributed by atoms with Crippen molar-refractivity contribution in [2.24, 2.45) is 0 Å². The molecule has 2 nitrogen and oxygen atoms in total. The summed E-state index contributed by atoms with van der Waals surface area (Å²) in [7, 11) is 0. The largest absolute Gasteiger partial charge is 0.456 e. The van der Waals surface area contributed by atoms with Gasteiger partial charge >= 0.3 is 0 Å². The van der Waals surface area contributed by atoms with Crippen LogP contribution in [0.25, 0.3) is 88.4 Å². The molecule has 0 aliphatic carbocycles. The van der Waals surface area contributed by atoms with Crippen LogP contribution in [0.5, 0.6) is 0 Å². The van der Waals surface area contributed by atoms with E-state index in [1.807, 2.05) is 18.2 Å². The molecule has 0 bridgehead atoms. The van der Waals surface area contributed by atoms with Crippen LogP contribution in [0.2, 0.25) is 0 Å². The van der Waals surface area contributed by atoms with Gasteiger partial charge in [-0.25, -0.2) is 0 Å². The molecule has 0 amide bonds. The standard InChI is InChI=1S/C42H26O2/c1-3-7-27(8-4-1)29-11-15-31(16-12-29)33-19-21-39-35(23-33)37-25-38-36-24-34(20-22-40(36)44-42(38)26-41(37)43-39)32-17-13-30(14-18-32)28-9-5-2-6-10-28/h1-26H. The molecule has 0 fully saturated rings. The van der Waals surface area contributed by atoms with E-state index in [1.165, 1.54) is 33.4 Å². The summed E-state index contributed by atoms with van der Waals surface area (Å²) in [5.74, 6) is 0. The van der Waals surface area contributed by atoms with E-state index < -0.39 is 0 Å². The Bertz CT molecular complexity index is 2270. The molecule has 2 heteroatoms. The van der Waals surface area contributed by atoms with E-state index in [2.05, 4.69) is 140 Å². The van der Waals surface area contributed by atoms with E-state index in [9.17, 15) is 0 Å². The Morgan fingerprint density at radius 1 is 0.227 bits per heavy atom. The first kappa shape index (κ1) is 24.7. The minimum absolute atomic E-state index is 0.833. The fraction of sp³-hybridized carbons (Fsp3) is 0. The number of rotatable bonds is 4. The van der Waals surface area contributed by atoms with Crippen LogP contribution in [-0.2, 0) is 0 Å². The number of hydrogen-bond donors (Lipinski definition) is 0. The molecule has 0 N–H and O–H groups in total. The van der Waals surface area contributed by atoms with Gasteiger partial charge in [-0.05, 0) is 74.8 Å². The first-order valence-electron chi connectivity index (χ1n) is 14.9. The molecule has 9 aromatic rings. The Morgan fingerprint density at radius 2 is 0.545 bits per heavy atom. The molecule has 2 aromatic heterocycles. The molecule has 9 rings (SSSR count). The number of benzene rings is 7.